The van der Waals surface area contributed by atoms with Gasteiger partial charge in [-0.2, -0.15) is 0 Å². The molecule has 0 unspecified atom stereocenters. The van der Waals surface area contributed by atoms with Crippen molar-refractivity contribution in [1.29, 1.82) is 0 Å². The molecule has 0 spiro atoms. The summed E-state index contributed by atoms with van der Waals surface area (Å²) in [7, 11) is 1.60. The maximum Gasteiger partial charge on any atom is 0.260 e. The summed E-state index contributed by atoms with van der Waals surface area (Å²) in [5.74, 6) is 1.21. The van der Waals surface area contributed by atoms with Gasteiger partial charge in [-0.05, 0) is 41.7 Å². The highest BCUT2D eigenvalue weighted by atomic mass is 16.5. The van der Waals surface area contributed by atoms with Crippen molar-refractivity contribution in [3.63, 3.8) is 0 Å². The van der Waals surface area contributed by atoms with Gasteiger partial charge < -0.3 is 14.4 Å². The van der Waals surface area contributed by atoms with Gasteiger partial charge in [-0.3, -0.25) is 4.79 Å². The second-order valence-corrected chi connectivity index (χ2v) is 6.10. The molecule has 0 fully saturated rings. The molecule has 1 amide bonds. The van der Waals surface area contributed by atoms with Crippen LogP contribution in [0.1, 0.15) is 16.7 Å². The van der Waals surface area contributed by atoms with E-state index in [0.29, 0.717) is 18.0 Å². The Hall–Kier alpha value is -2.75. The summed E-state index contributed by atoms with van der Waals surface area (Å²) < 4.78 is 11.1. The molecule has 0 N–H and O–H groups in total. The summed E-state index contributed by atoms with van der Waals surface area (Å²) in [6, 6.07) is 14.0. The zero-order valence-electron chi connectivity index (χ0n) is 14.5. The predicted molar refractivity (Wildman–Crippen MR) is 98.0 cm³/mol. The molecule has 0 radical (unpaired) electrons. The van der Waals surface area contributed by atoms with Gasteiger partial charge in [-0.1, -0.05) is 36.4 Å². The van der Waals surface area contributed by atoms with E-state index in [1.807, 2.05) is 41.3 Å². The van der Waals surface area contributed by atoms with Crippen molar-refractivity contribution in [2.75, 3.05) is 20.3 Å². The van der Waals surface area contributed by atoms with Gasteiger partial charge in [0.2, 0.25) is 0 Å². The fourth-order valence-corrected chi connectivity index (χ4v) is 3.06. The lowest BCUT2D eigenvalue weighted by Crippen LogP contribution is -2.38. The molecule has 130 valence electrons. The van der Waals surface area contributed by atoms with Crippen LogP contribution in [0.3, 0.4) is 0 Å². The first-order valence-corrected chi connectivity index (χ1v) is 8.46. The normalized spacial score (nSPS) is 13.1. The van der Waals surface area contributed by atoms with Gasteiger partial charge in [0, 0.05) is 13.1 Å². The quantitative estimate of drug-likeness (QED) is 0.759. The van der Waals surface area contributed by atoms with Crippen LogP contribution in [0.15, 0.2) is 55.1 Å². The second kappa shape index (κ2) is 7.88. The number of carbonyl (C=O) groups excluding carboxylic acids is 1. The fraction of sp³-hybridized carbons (Fsp3) is 0.286. The number of benzene rings is 2. The minimum atomic E-state index is -0.00766. The number of methoxy groups -OCH3 is 1. The zero-order valence-corrected chi connectivity index (χ0v) is 14.5. The highest BCUT2D eigenvalue weighted by molar-refractivity contribution is 5.78. The average molecular weight is 337 g/mol. The Bertz CT molecular complexity index is 769. The van der Waals surface area contributed by atoms with E-state index in [0.717, 1.165) is 24.9 Å². The predicted octanol–water partition coefficient (Wildman–Crippen LogP) is 3.39. The Kier molecular flexibility index (Phi) is 5.39. The maximum atomic E-state index is 12.5. The van der Waals surface area contributed by atoms with Crippen molar-refractivity contribution in [3.05, 3.63) is 71.8 Å². The molecule has 1 heterocycles. The van der Waals surface area contributed by atoms with Gasteiger partial charge in [-0.15, -0.1) is 6.58 Å². The molecule has 0 bridgehead atoms. The maximum absolute atomic E-state index is 12.5. The van der Waals surface area contributed by atoms with Crippen molar-refractivity contribution >= 4 is 5.91 Å². The molecule has 0 aromatic heterocycles. The summed E-state index contributed by atoms with van der Waals surface area (Å²) in [6.07, 6.45) is 3.50. The molecule has 1 aliphatic heterocycles. The molecule has 0 atom stereocenters. The number of fused-ring (bicyclic) bond motifs is 1. The van der Waals surface area contributed by atoms with E-state index in [1.165, 1.54) is 11.1 Å². The minimum Gasteiger partial charge on any atom is -0.493 e. The van der Waals surface area contributed by atoms with Crippen LogP contribution in [-0.2, 0) is 24.2 Å². The van der Waals surface area contributed by atoms with Crippen LogP contribution in [0.25, 0.3) is 0 Å². The molecule has 1 aliphatic rings. The van der Waals surface area contributed by atoms with Gasteiger partial charge in [0.1, 0.15) is 0 Å². The Labute approximate surface area is 148 Å². The first-order chi connectivity index (χ1) is 12.2. The Morgan fingerprint density at radius 2 is 2.00 bits per heavy atom. The van der Waals surface area contributed by atoms with Crippen molar-refractivity contribution in [2.24, 2.45) is 0 Å². The smallest absolute Gasteiger partial charge is 0.260 e. The lowest BCUT2D eigenvalue weighted by atomic mass is 10.00. The number of carbonyl (C=O) groups is 1. The van der Waals surface area contributed by atoms with Crippen molar-refractivity contribution in [1.82, 2.24) is 4.90 Å². The SMILES string of the molecule is C=CCc1ccc(OCC(=O)N2CCc3ccccc3C2)c(OC)c1. The van der Waals surface area contributed by atoms with Gasteiger partial charge in [0.15, 0.2) is 18.1 Å². The van der Waals surface area contributed by atoms with Crippen LogP contribution in [-0.4, -0.2) is 31.1 Å². The Balaban J connectivity index is 1.62. The lowest BCUT2D eigenvalue weighted by molar-refractivity contribution is -0.134. The summed E-state index contributed by atoms with van der Waals surface area (Å²) in [6.45, 7) is 5.13. The molecule has 4 nitrogen and oxygen atoms in total. The molecular weight excluding hydrogens is 314 g/mol. The van der Waals surface area contributed by atoms with E-state index in [2.05, 4.69) is 18.7 Å². The third kappa shape index (κ3) is 4.02. The number of amides is 1. The van der Waals surface area contributed by atoms with E-state index < -0.39 is 0 Å². The van der Waals surface area contributed by atoms with Gasteiger partial charge >= 0.3 is 0 Å². The monoisotopic (exact) mass is 337 g/mol. The molecule has 3 rings (SSSR count). The number of allylic oxidation sites excluding steroid dienone is 1. The van der Waals surface area contributed by atoms with Crippen LogP contribution in [0.5, 0.6) is 11.5 Å². The largest absolute Gasteiger partial charge is 0.493 e. The van der Waals surface area contributed by atoms with Crippen LogP contribution in [0, 0.1) is 0 Å². The van der Waals surface area contributed by atoms with Crippen LogP contribution < -0.4 is 9.47 Å². The number of ether oxygens (including phenoxy) is 2. The molecule has 0 saturated heterocycles. The standard InChI is InChI=1S/C21H23NO3/c1-3-6-16-9-10-19(20(13-16)24-2)25-15-21(23)22-12-11-17-7-4-5-8-18(17)14-22/h3-5,7-10,13H,1,6,11-12,14-15H2,2H3. The minimum absolute atomic E-state index is 0.00766. The van der Waals surface area contributed by atoms with Gasteiger partial charge in [-0.25, -0.2) is 0 Å². The number of rotatable bonds is 6. The Morgan fingerprint density at radius 1 is 1.20 bits per heavy atom. The van der Waals surface area contributed by atoms with Gasteiger partial charge in [0.25, 0.3) is 5.91 Å². The highest BCUT2D eigenvalue weighted by Crippen LogP contribution is 2.28. The van der Waals surface area contributed by atoms with Crippen LogP contribution >= 0.6 is 0 Å². The zero-order chi connectivity index (χ0) is 17.6. The highest BCUT2D eigenvalue weighted by Gasteiger charge is 2.21. The summed E-state index contributed by atoms with van der Waals surface area (Å²) in [5.41, 5.74) is 3.64. The van der Waals surface area contributed by atoms with E-state index in [1.54, 1.807) is 7.11 Å². The molecule has 0 aliphatic carbocycles. The van der Waals surface area contributed by atoms with E-state index in [-0.39, 0.29) is 12.5 Å². The first-order valence-electron chi connectivity index (χ1n) is 8.46. The second-order valence-electron chi connectivity index (χ2n) is 6.10. The van der Waals surface area contributed by atoms with Crippen molar-refractivity contribution in [3.8, 4) is 11.5 Å². The summed E-state index contributed by atoms with van der Waals surface area (Å²) in [4.78, 5) is 14.3. The average Bonchev–Trinajstić information content (AvgIpc) is 2.66. The topological polar surface area (TPSA) is 38.8 Å². The van der Waals surface area contributed by atoms with E-state index in [4.69, 9.17) is 9.47 Å². The van der Waals surface area contributed by atoms with Gasteiger partial charge in [0.05, 0.1) is 7.11 Å². The number of hydrogen-bond acceptors (Lipinski definition) is 3. The molecule has 0 saturated carbocycles. The summed E-state index contributed by atoms with van der Waals surface area (Å²) in [5, 5.41) is 0. The molecule has 25 heavy (non-hydrogen) atoms. The Morgan fingerprint density at radius 3 is 2.76 bits per heavy atom. The molecule has 2 aromatic rings. The fourth-order valence-electron chi connectivity index (χ4n) is 3.06. The third-order valence-electron chi connectivity index (χ3n) is 4.44. The molecule has 2 aromatic carbocycles. The van der Waals surface area contributed by atoms with E-state index in [9.17, 15) is 4.79 Å². The first kappa shape index (κ1) is 17.1. The summed E-state index contributed by atoms with van der Waals surface area (Å²) >= 11 is 0. The van der Waals surface area contributed by atoms with Crippen LogP contribution in [0.2, 0.25) is 0 Å². The van der Waals surface area contributed by atoms with Crippen molar-refractivity contribution < 1.29 is 14.3 Å². The number of hydrogen-bond donors (Lipinski definition) is 0. The van der Waals surface area contributed by atoms with E-state index >= 15 is 0 Å². The molecular formula is C21H23NO3. The lowest BCUT2D eigenvalue weighted by Gasteiger charge is -2.28. The third-order valence-corrected chi connectivity index (χ3v) is 4.44. The number of nitrogens with zero attached hydrogens (tertiary/aromatic N) is 1. The molecule has 4 heteroatoms. The van der Waals surface area contributed by atoms with Crippen molar-refractivity contribution in [2.45, 2.75) is 19.4 Å². The van der Waals surface area contributed by atoms with Crippen LogP contribution in [0.4, 0.5) is 0 Å².